The number of ether oxygens (including phenoxy) is 1. The number of rotatable bonds is 3. The van der Waals surface area contributed by atoms with Crippen LogP contribution in [0.25, 0.3) is 10.6 Å². The molecule has 2 rings (SSSR count). The minimum Gasteiger partial charge on any atom is -0.479 e. The first-order valence-electron chi connectivity index (χ1n) is 3.91. The smallest absolute Gasteiger partial charge is 0.254 e. The zero-order valence-corrected chi connectivity index (χ0v) is 9.06. The maximum atomic E-state index is 9.09. The summed E-state index contributed by atoms with van der Waals surface area (Å²) in [6.45, 7) is 0.0134. The third kappa shape index (κ3) is 1.52. The Morgan fingerprint density at radius 1 is 1.50 bits per heavy atom. The van der Waals surface area contributed by atoms with Crippen LogP contribution in [0.1, 0.15) is 5.56 Å². The van der Waals surface area contributed by atoms with Gasteiger partial charge in [0.05, 0.1) is 30.3 Å². The molecule has 2 aromatic heterocycles. The van der Waals surface area contributed by atoms with E-state index in [0.29, 0.717) is 5.88 Å². The molecule has 0 spiro atoms. The third-order valence-electron chi connectivity index (χ3n) is 1.78. The molecular weight excluding hydrogens is 220 g/mol. The highest BCUT2D eigenvalue weighted by Crippen LogP contribution is 2.34. The number of nitrogens with zero attached hydrogens (tertiary/aromatic N) is 2. The lowest BCUT2D eigenvalue weighted by Crippen LogP contribution is -1.88. The van der Waals surface area contributed by atoms with E-state index in [9.17, 15) is 0 Å². The largest absolute Gasteiger partial charge is 0.479 e. The molecule has 0 saturated carbocycles. The van der Waals surface area contributed by atoms with E-state index in [2.05, 4.69) is 8.75 Å². The van der Waals surface area contributed by atoms with Gasteiger partial charge in [0.2, 0.25) is 0 Å². The first-order valence-corrected chi connectivity index (χ1v) is 5.52. The van der Waals surface area contributed by atoms with E-state index < -0.39 is 0 Å². The number of aliphatic hydroxyl groups is 1. The summed E-state index contributed by atoms with van der Waals surface area (Å²) in [5.74, 6) is 0.521. The van der Waals surface area contributed by atoms with Crippen LogP contribution in [-0.4, -0.2) is 21.0 Å². The van der Waals surface area contributed by atoms with Crippen LogP contribution >= 0.6 is 23.1 Å². The van der Waals surface area contributed by atoms with E-state index in [4.69, 9.17) is 9.84 Å². The molecule has 0 aromatic carbocycles. The van der Waals surface area contributed by atoms with Crippen molar-refractivity contribution in [3.05, 3.63) is 17.0 Å². The predicted molar refractivity (Wildman–Crippen MR) is 55.7 cm³/mol. The summed E-state index contributed by atoms with van der Waals surface area (Å²) in [4.78, 5) is 0.929. The molecule has 0 amide bonds. The SMILES string of the molecule is COc1nsnc1-c1sccc1CO. The second-order valence-electron chi connectivity index (χ2n) is 2.56. The Labute approximate surface area is 89.1 Å². The molecule has 14 heavy (non-hydrogen) atoms. The van der Waals surface area contributed by atoms with E-state index in [1.54, 1.807) is 7.11 Å². The fourth-order valence-corrected chi connectivity index (χ4v) is 2.60. The highest BCUT2D eigenvalue weighted by atomic mass is 32.1. The second-order valence-corrected chi connectivity index (χ2v) is 4.00. The molecule has 0 radical (unpaired) electrons. The molecule has 6 heteroatoms. The van der Waals surface area contributed by atoms with E-state index in [1.165, 1.54) is 11.3 Å². The zero-order chi connectivity index (χ0) is 9.97. The number of thiophene rings is 1. The van der Waals surface area contributed by atoms with Gasteiger partial charge < -0.3 is 9.84 Å². The van der Waals surface area contributed by atoms with E-state index in [1.807, 2.05) is 11.4 Å². The number of aromatic nitrogens is 2. The Morgan fingerprint density at radius 2 is 2.36 bits per heavy atom. The molecule has 0 atom stereocenters. The quantitative estimate of drug-likeness (QED) is 0.869. The summed E-state index contributed by atoms with van der Waals surface area (Å²) >= 11 is 2.63. The molecular formula is C8H8N2O2S2. The van der Waals surface area contributed by atoms with Gasteiger partial charge in [-0.05, 0) is 17.0 Å². The Bertz CT molecular complexity index is 384. The number of hydrogen-bond donors (Lipinski definition) is 1. The minimum absolute atomic E-state index is 0.0134. The monoisotopic (exact) mass is 228 g/mol. The van der Waals surface area contributed by atoms with Gasteiger partial charge in [0.25, 0.3) is 5.88 Å². The van der Waals surface area contributed by atoms with Gasteiger partial charge in [0.15, 0.2) is 5.69 Å². The zero-order valence-electron chi connectivity index (χ0n) is 7.43. The van der Waals surface area contributed by atoms with Crippen LogP contribution in [0, 0.1) is 0 Å². The lowest BCUT2D eigenvalue weighted by atomic mass is 10.2. The summed E-state index contributed by atoms with van der Waals surface area (Å²) in [5.41, 5.74) is 1.58. The van der Waals surface area contributed by atoms with Gasteiger partial charge in [-0.2, -0.15) is 4.37 Å². The van der Waals surface area contributed by atoms with Crippen molar-refractivity contribution in [2.75, 3.05) is 7.11 Å². The molecule has 0 saturated heterocycles. The van der Waals surface area contributed by atoms with Crippen molar-refractivity contribution in [2.45, 2.75) is 6.61 Å². The molecule has 0 aliphatic heterocycles. The Balaban J connectivity index is 2.48. The second kappa shape index (κ2) is 4.04. The molecule has 0 aliphatic carbocycles. The number of methoxy groups -OCH3 is 1. The summed E-state index contributed by atoms with van der Waals surface area (Å²) in [5, 5.41) is 11.0. The fraction of sp³-hybridized carbons (Fsp3) is 0.250. The maximum absolute atomic E-state index is 9.09. The minimum atomic E-state index is 0.0134. The molecule has 2 heterocycles. The van der Waals surface area contributed by atoms with Crippen molar-refractivity contribution in [3.63, 3.8) is 0 Å². The highest BCUT2D eigenvalue weighted by Gasteiger charge is 2.15. The van der Waals surface area contributed by atoms with Crippen LogP contribution in [0.2, 0.25) is 0 Å². The Hall–Kier alpha value is -0.980. The molecule has 1 N–H and O–H groups in total. The van der Waals surface area contributed by atoms with Gasteiger partial charge in [-0.25, -0.2) is 0 Å². The van der Waals surface area contributed by atoms with Crippen molar-refractivity contribution in [1.82, 2.24) is 8.75 Å². The molecule has 2 aromatic rings. The summed E-state index contributed by atoms with van der Waals surface area (Å²) < 4.78 is 13.2. The van der Waals surface area contributed by atoms with E-state index in [0.717, 1.165) is 27.9 Å². The molecule has 74 valence electrons. The maximum Gasteiger partial charge on any atom is 0.254 e. The summed E-state index contributed by atoms with van der Waals surface area (Å²) in [6, 6.07) is 1.87. The summed E-state index contributed by atoms with van der Waals surface area (Å²) in [6.07, 6.45) is 0. The van der Waals surface area contributed by atoms with Gasteiger partial charge in [-0.15, -0.1) is 15.7 Å². The molecule has 0 bridgehead atoms. The van der Waals surface area contributed by atoms with Crippen molar-refractivity contribution in [1.29, 1.82) is 0 Å². The number of hydrogen-bond acceptors (Lipinski definition) is 6. The molecule has 0 aliphatic rings. The van der Waals surface area contributed by atoms with Gasteiger partial charge in [0.1, 0.15) is 0 Å². The Morgan fingerprint density at radius 3 is 3.07 bits per heavy atom. The Kier molecular flexibility index (Phi) is 2.76. The average Bonchev–Trinajstić information content (AvgIpc) is 2.85. The molecule has 0 fully saturated rings. The van der Waals surface area contributed by atoms with Crippen LogP contribution in [0.15, 0.2) is 11.4 Å². The predicted octanol–water partition coefficient (Wildman–Crippen LogP) is 1.77. The number of aliphatic hydroxyl groups excluding tert-OH is 1. The third-order valence-corrected chi connectivity index (χ3v) is 3.26. The van der Waals surface area contributed by atoms with Crippen LogP contribution in [0.4, 0.5) is 0 Å². The highest BCUT2D eigenvalue weighted by molar-refractivity contribution is 7.14. The van der Waals surface area contributed by atoms with Crippen LogP contribution in [0.5, 0.6) is 5.88 Å². The van der Waals surface area contributed by atoms with Crippen molar-refractivity contribution in [3.8, 4) is 16.5 Å². The lowest BCUT2D eigenvalue weighted by molar-refractivity contribution is 0.283. The normalized spacial score (nSPS) is 10.4. The first-order chi connectivity index (χ1) is 6.86. The van der Waals surface area contributed by atoms with E-state index >= 15 is 0 Å². The molecule has 4 nitrogen and oxygen atoms in total. The van der Waals surface area contributed by atoms with Crippen molar-refractivity contribution in [2.24, 2.45) is 0 Å². The van der Waals surface area contributed by atoms with Gasteiger partial charge in [-0.3, -0.25) is 0 Å². The first kappa shape index (κ1) is 9.57. The van der Waals surface area contributed by atoms with Gasteiger partial charge in [0, 0.05) is 0 Å². The fourth-order valence-electron chi connectivity index (χ4n) is 1.12. The summed E-state index contributed by atoms with van der Waals surface area (Å²) in [7, 11) is 1.56. The average molecular weight is 228 g/mol. The van der Waals surface area contributed by atoms with Crippen LogP contribution in [-0.2, 0) is 6.61 Å². The van der Waals surface area contributed by atoms with Gasteiger partial charge in [-0.1, -0.05) is 0 Å². The lowest BCUT2D eigenvalue weighted by Gasteiger charge is -1.98. The topological polar surface area (TPSA) is 55.2 Å². The molecule has 0 unspecified atom stereocenters. The van der Waals surface area contributed by atoms with Gasteiger partial charge >= 0.3 is 0 Å². The van der Waals surface area contributed by atoms with Crippen molar-refractivity contribution >= 4 is 23.1 Å². The van der Waals surface area contributed by atoms with Crippen LogP contribution in [0.3, 0.4) is 0 Å². The van der Waals surface area contributed by atoms with E-state index in [-0.39, 0.29) is 6.61 Å². The van der Waals surface area contributed by atoms with Crippen LogP contribution < -0.4 is 4.74 Å². The van der Waals surface area contributed by atoms with Crippen molar-refractivity contribution < 1.29 is 9.84 Å². The standard InChI is InChI=1S/C8H8N2O2S2/c1-12-8-6(9-14-10-8)7-5(4-11)2-3-13-7/h2-3,11H,4H2,1H3.